The first kappa shape index (κ1) is 14.4. The zero-order chi connectivity index (χ0) is 15.4. The van der Waals surface area contributed by atoms with Crippen LogP contribution in [0.1, 0.15) is 5.82 Å². The quantitative estimate of drug-likeness (QED) is 0.712. The lowest BCUT2D eigenvalue weighted by molar-refractivity contribution is 0.287. The van der Waals surface area contributed by atoms with Crippen LogP contribution in [0.15, 0.2) is 53.1 Å². The Hall–Kier alpha value is -2.53. The third-order valence-corrected chi connectivity index (χ3v) is 3.31. The lowest BCUT2D eigenvalue weighted by Crippen LogP contribution is -1.97. The predicted octanol–water partition coefficient (Wildman–Crippen LogP) is 3.98. The summed E-state index contributed by atoms with van der Waals surface area (Å²) in [7, 11) is 1.62. The maximum absolute atomic E-state index is 6.02. The number of rotatable bonds is 5. The van der Waals surface area contributed by atoms with Crippen molar-refractivity contribution in [2.24, 2.45) is 0 Å². The van der Waals surface area contributed by atoms with Crippen molar-refractivity contribution in [3.8, 4) is 23.0 Å². The number of para-hydroxylation sites is 1. The van der Waals surface area contributed by atoms with E-state index in [1.54, 1.807) is 19.2 Å². The molecule has 1 heterocycles. The molecule has 2 aromatic carbocycles. The van der Waals surface area contributed by atoms with E-state index in [4.69, 9.17) is 25.6 Å². The Morgan fingerprint density at radius 2 is 1.86 bits per heavy atom. The molecule has 6 heteroatoms. The Labute approximate surface area is 132 Å². The summed E-state index contributed by atoms with van der Waals surface area (Å²) < 4.78 is 15.9. The van der Waals surface area contributed by atoms with Crippen LogP contribution in [0, 0.1) is 0 Å². The first-order valence-electron chi connectivity index (χ1n) is 6.60. The molecule has 0 aliphatic rings. The molecule has 22 heavy (non-hydrogen) atoms. The molecule has 0 aliphatic heterocycles. The number of hydrogen-bond donors (Lipinski definition) is 0. The van der Waals surface area contributed by atoms with Crippen LogP contribution >= 0.6 is 11.6 Å². The van der Waals surface area contributed by atoms with Crippen LogP contribution < -0.4 is 9.47 Å². The van der Waals surface area contributed by atoms with Crippen molar-refractivity contribution in [2.75, 3.05) is 7.11 Å². The highest BCUT2D eigenvalue weighted by molar-refractivity contribution is 6.32. The van der Waals surface area contributed by atoms with Gasteiger partial charge in [0.25, 0.3) is 5.89 Å². The van der Waals surface area contributed by atoms with Crippen LogP contribution in [0.25, 0.3) is 11.5 Å². The second-order valence-electron chi connectivity index (χ2n) is 4.46. The van der Waals surface area contributed by atoms with Gasteiger partial charge in [-0.1, -0.05) is 28.9 Å². The second-order valence-corrected chi connectivity index (χ2v) is 4.87. The van der Waals surface area contributed by atoms with Gasteiger partial charge in [-0.3, -0.25) is 0 Å². The third-order valence-electron chi connectivity index (χ3n) is 3.00. The van der Waals surface area contributed by atoms with Crippen molar-refractivity contribution >= 4 is 11.6 Å². The van der Waals surface area contributed by atoms with Crippen LogP contribution in [0.3, 0.4) is 0 Å². The number of halogens is 1. The fourth-order valence-corrected chi connectivity index (χ4v) is 2.06. The van der Waals surface area contributed by atoms with E-state index in [9.17, 15) is 0 Å². The van der Waals surface area contributed by atoms with Crippen molar-refractivity contribution in [1.82, 2.24) is 10.1 Å². The Bertz CT molecular complexity index is 756. The maximum atomic E-state index is 6.02. The van der Waals surface area contributed by atoms with Crippen LogP contribution in [0.2, 0.25) is 5.02 Å². The fraction of sp³-hybridized carbons (Fsp3) is 0.125. The fourth-order valence-electron chi connectivity index (χ4n) is 1.87. The van der Waals surface area contributed by atoms with E-state index in [0.29, 0.717) is 22.5 Å². The summed E-state index contributed by atoms with van der Waals surface area (Å²) in [5.74, 6) is 2.23. The van der Waals surface area contributed by atoms with Crippen molar-refractivity contribution in [2.45, 2.75) is 6.61 Å². The maximum Gasteiger partial charge on any atom is 0.258 e. The van der Waals surface area contributed by atoms with Gasteiger partial charge in [0.2, 0.25) is 5.82 Å². The minimum Gasteiger partial charge on any atom is -0.497 e. The molecule has 0 amide bonds. The molecule has 0 N–H and O–H groups in total. The highest BCUT2D eigenvalue weighted by Gasteiger charge is 2.10. The van der Waals surface area contributed by atoms with E-state index in [-0.39, 0.29) is 6.61 Å². The number of nitrogens with zero attached hydrogens (tertiary/aromatic N) is 2. The zero-order valence-electron chi connectivity index (χ0n) is 11.8. The smallest absolute Gasteiger partial charge is 0.258 e. The molecule has 0 radical (unpaired) electrons. The highest BCUT2D eigenvalue weighted by atomic mass is 35.5. The van der Waals surface area contributed by atoms with Gasteiger partial charge in [-0.25, -0.2) is 0 Å². The van der Waals surface area contributed by atoms with Crippen LogP contribution in [0.4, 0.5) is 0 Å². The molecule has 0 spiro atoms. The topological polar surface area (TPSA) is 57.4 Å². The Kier molecular flexibility index (Phi) is 4.25. The molecule has 0 aliphatic carbocycles. The molecule has 0 saturated carbocycles. The lowest BCUT2D eigenvalue weighted by atomic mass is 10.2. The van der Waals surface area contributed by atoms with Crippen molar-refractivity contribution in [3.05, 3.63) is 59.4 Å². The van der Waals surface area contributed by atoms with Crippen LogP contribution in [0.5, 0.6) is 11.5 Å². The van der Waals surface area contributed by atoms with Crippen molar-refractivity contribution in [3.63, 3.8) is 0 Å². The van der Waals surface area contributed by atoms with Gasteiger partial charge in [-0.05, 0) is 36.4 Å². The largest absolute Gasteiger partial charge is 0.497 e. The standard InChI is InChI=1S/C16H13ClN2O3/c1-20-12-8-6-11(7-9-12)16-18-15(19-22-16)10-21-14-5-3-2-4-13(14)17/h2-9H,10H2,1H3. The highest BCUT2D eigenvalue weighted by Crippen LogP contribution is 2.24. The van der Waals surface area contributed by atoms with E-state index >= 15 is 0 Å². The van der Waals surface area contributed by atoms with Gasteiger partial charge in [0.05, 0.1) is 12.1 Å². The van der Waals surface area contributed by atoms with Gasteiger partial charge < -0.3 is 14.0 Å². The van der Waals surface area contributed by atoms with E-state index in [2.05, 4.69) is 10.1 Å². The molecule has 0 bridgehead atoms. The number of ether oxygens (including phenoxy) is 2. The van der Waals surface area contributed by atoms with Crippen LogP contribution in [-0.4, -0.2) is 17.3 Å². The van der Waals surface area contributed by atoms with E-state index in [1.165, 1.54) is 0 Å². The second kappa shape index (κ2) is 6.49. The van der Waals surface area contributed by atoms with Gasteiger partial charge in [-0.15, -0.1) is 0 Å². The third kappa shape index (κ3) is 3.20. The Balaban J connectivity index is 1.69. The molecule has 3 aromatic rings. The summed E-state index contributed by atoms with van der Waals surface area (Å²) in [5.41, 5.74) is 0.817. The lowest BCUT2D eigenvalue weighted by Gasteiger charge is -2.04. The molecule has 0 atom stereocenters. The SMILES string of the molecule is COc1ccc(-c2nc(COc3ccccc3Cl)no2)cc1. The zero-order valence-corrected chi connectivity index (χ0v) is 12.6. The molecule has 112 valence electrons. The van der Waals surface area contributed by atoms with Crippen molar-refractivity contribution in [1.29, 1.82) is 0 Å². The first-order chi connectivity index (χ1) is 10.8. The minimum absolute atomic E-state index is 0.184. The summed E-state index contributed by atoms with van der Waals surface area (Å²) >= 11 is 6.02. The molecule has 1 aromatic heterocycles. The molecule has 5 nitrogen and oxygen atoms in total. The molecular weight excluding hydrogens is 304 g/mol. The van der Waals surface area contributed by atoms with Gasteiger partial charge >= 0.3 is 0 Å². The molecular formula is C16H13ClN2O3. The van der Waals surface area contributed by atoms with Gasteiger partial charge in [0, 0.05) is 5.56 Å². The average Bonchev–Trinajstić information content (AvgIpc) is 3.03. The summed E-state index contributed by atoms with van der Waals surface area (Å²) in [4.78, 5) is 4.29. The van der Waals surface area contributed by atoms with Gasteiger partial charge in [-0.2, -0.15) is 4.98 Å². The summed E-state index contributed by atoms with van der Waals surface area (Å²) in [6, 6.07) is 14.6. The molecule has 0 saturated heterocycles. The summed E-state index contributed by atoms with van der Waals surface area (Å²) in [6.45, 7) is 0.184. The monoisotopic (exact) mass is 316 g/mol. The van der Waals surface area contributed by atoms with Gasteiger partial charge in [0.15, 0.2) is 6.61 Å². The first-order valence-corrected chi connectivity index (χ1v) is 6.98. The van der Waals surface area contributed by atoms with E-state index in [0.717, 1.165) is 11.3 Å². The average molecular weight is 317 g/mol. The summed E-state index contributed by atoms with van der Waals surface area (Å²) in [6.07, 6.45) is 0. The number of methoxy groups -OCH3 is 1. The number of benzene rings is 2. The van der Waals surface area contributed by atoms with Gasteiger partial charge in [0.1, 0.15) is 11.5 Å². The normalized spacial score (nSPS) is 10.5. The van der Waals surface area contributed by atoms with E-state index < -0.39 is 0 Å². The Morgan fingerprint density at radius 1 is 1.09 bits per heavy atom. The molecule has 3 rings (SSSR count). The van der Waals surface area contributed by atoms with Crippen molar-refractivity contribution < 1.29 is 14.0 Å². The molecule has 0 fully saturated rings. The number of aromatic nitrogens is 2. The number of hydrogen-bond acceptors (Lipinski definition) is 5. The van der Waals surface area contributed by atoms with E-state index in [1.807, 2.05) is 36.4 Å². The molecule has 0 unspecified atom stereocenters. The Morgan fingerprint density at radius 3 is 2.59 bits per heavy atom. The predicted molar refractivity (Wildman–Crippen MR) is 82.1 cm³/mol. The summed E-state index contributed by atoms with van der Waals surface area (Å²) in [5, 5.41) is 4.44. The van der Waals surface area contributed by atoms with Crippen LogP contribution in [-0.2, 0) is 6.61 Å². The minimum atomic E-state index is 0.184.